The molecule has 2 spiro atoms. The minimum atomic E-state index is -0.214. The molecular weight excluding hydrogens is 178 g/mol. The summed E-state index contributed by atoms with van der Waals surface area (Å²) in [6.45, 7) is 3.81. The molecule has 3 heteroatoms. The third kappa shape index (κ3) is 1.09. The summed E-state index contributed by atoms with van der Waals surface area (Å²) in [6.07, 6.45) is 6.22. The molecule has 0 unspecified atom stereocenters. The Morgan fingerprint density at radius 1 is 0.929 bits per heavy atom. The van der Waals surface area contributed by atoms with Crippen LogP contribution >= 0.6 is 0 Å². The number of hydrogen-bond donors (Lipinski definition) is 1. The third-order valence-corrected chi connectivity index (χ3v) is 4.22. The Kier molecular flexibility index (Phi) is 2.08. The number of hydrogen-bond acceptors (Lipinski definition) is 3. The van der Waals surface area contributed by atoms with Crippen LogP contribution in [-0.2, 0) is 9.47 Å². The highest BCUT2D eigenvalue weighted by atomic mass is 16.7. The van der Waals surface area contributed by atoms with Crippen LogP contribution in [0.1, 0.15) is 32.1 Å². The first-order valence-electron chi connectivity index (χ1n) is 5.86. The lowest BCUT2D eigenvalue weighted by atomic mass is 9.68. The lowest BCUT2D eigenvalue weighted by Crippen LogP contribution is -2.52. The largest absolute Gasteiger partial charge is 0.347 e. The molecular formula is C11H19NO2. The maximum absolute atomic E-state index is 5.96. The Balaban J connectivity index is 1.91. The van der Waals surface area contributed by atoms with E-state index in [1.165, 1.54) is 25.7 Å². The van der Waals surface area contributed by atoms with Crippen molar-refractivity contribution >= 4 is 0 Å². The molecule has 0 aromatic rings. The first-order valence-corrected chi connectivity index (χ1v) is 5.86. The summed E-state index contributed by atoms with van der Waals surface area (Å²) in [4.78, 5) is 0. The van der Waals surface area contributed by atoms with Crippen molar-refractivity contribution in [2.75, 3.05) is 26.3 Å². The van der Waals surface area contributed by atoms with Gasteiger partial charge >= 0.3 is 0 Å². The molecule has 0 amide bonds. The van der Waals surface area contributed by atoms with Gasteiger partial charge in [-0.15, -0.1) is 0 Å². The molecule has 2 saturated heterocycles. The minimum Gasteiger partial charge on any atom is -0.347 e. The highest BCUT2D eigenvalue weighted by Gasteiger charge is 2.57. The second-order valence-electron chi connectivity index (χ2n) is 4.86. The molecule has 0 bridgehead atoms. The van der Waals surface area contributed by atoms with Crippen molar-refractivity contribution in [3.63, 3.8) is 0 Å². The maximum atomic E-state index is 5.96. The van der Waals surface area contributed by atoms with Crippen LogP contribution in [0.5, 0.6) is 0 Å². The van der Waals surface area contributed by atoms with Gasteiger partial charge in [0.2, 0.25) is 0 Å². The Morgan fingerprint density at radius 2 is 1.71 bits per heavy atom. The molecule has 80 valence electrons. The predicted octanol–water partition coefficient (Wildman–Crippen LogP) is 1.28. The van der Waals surface area contributed by atoms with Crippen molar-refractivity contribution in [3.05, 3.63) is 0 Å². The molecule has 1 saturated carbocycles. The molecule has 1 N–H and O–H groups in total. The average Bonchev–Trinajstić information content (AvgIpc) is 2.81. The standard InChI is InChI=1S/C11H19NO2/c1-2-4-11(13-7-8-14-11)10(3-1)5-6-12-9-10/h12H,1-9H2/t10-/m0/s1. The second-order valence-corrected chi connectivity index (χ2v) is 4.86. The summed E-state index contributed by atoms with van der Waals surface area (Å²) < 4.78 is 11.9. The van der Waals surface area contributed by atoms with Gasteiger partial charge in [0.15, 0.2) is 5.79 Å². The zero-order chi connectivity index (χ0) is 9.49. The van der Waals surface area contributed by atoms with E-state index in [1.807, 2.05) is 0 Å². The average molecular weight is 197 g/mol. The number of ether oxygens (including phenoxy) is 2. The van der Waals surface area contributed by atoms with Gasteiger partial charge in [-0.05, 0) is 25.8 Å². The van der Waals surface area contributed by atoms with Gasteiger partial charge in [-0.25, -0.2) is 0 Å². The minimum absolute atomic E-state index is 0.214. The highest BCUT2D eigenvalue weighted by Crippen LogP contribution is 2.52. The molecule has 3 aliphatic rings. The van der Waals surface area contributed by atoms with Gasteiger partial charge in [0.05, 0.1) is 13.2 Å². The van der Waals surface area contributed by atoms with Crippen LogP contribution in [0, 0.1) is 5.41 Å². The van der Waals surface area contributed by atoms with E-state index in [0.717, 1.165) is 32.7 Å². The Labute approximate surface area is 85.1 Å². The molecule has 3 rings (SSSR count). The molecule has 0 aromatic carbocycles. The molecule has 2 aliphatic heterocycles. The van der Waals surface area contributed by atoms with Crippen molar-refractivity contribution < 1.29 is 9.47 Å². The van der Waals surface area contributed by atoms with Crippen molar-refractivity contribution in [3.8, 4) is 0 Å². The van der Waals surface area contributed by atoms with E-state index in [4.69, 9.17) is 9.47 Å². The second kappa shape index (κ2) is 3.19. The van der Waals surface area contributed by atoms with E-state index in [0.29, 0.717) is 5.41 Å². The fraction of sp³-hybridized carbons (Fsp3) is 1.00. The number of rotatable bonds is 0. The van der Waals surface area contributed by atoms with Gasteiger partial charge in [0.25, 0.3) is 0 Å². The first kappa shape index (κ1) is 9.13. The lowest BCUT2D eigenvalue weighted by Gasteiger charge is -2.47. The van der Waals surface area contributed by atoms with Crippen LogP contribution < -0.4 is 5.32 Å². The third-order valence-electron chi connectivity index (χ3n) is 4.22. The quantitative estimate of drug-likeness (QED) is 0.634. The summed E-state index contributed by atoms with van der Waals surface area (Å²) in [5.41, 5.74) is 0.293. The molecule has 3 nitrogen and oxygen atoms in total. The van der Waals surface area contributed by atoms with Crippen LogP contribution in [-0.4, -0.2) is 32.1 Å². The summed E-state index contributed by atoms with van der Waals surface area (Å²) in [7, 11) is 0. The van der Waals surface area contributed by atoms with Crippen molar-refractivity contribution in [1.82, 2.24) is 5.32 Å². The Hall–Kier alpha value is -0.120. The van der Waals surface area contributed by atoms with Crippen molar-refractivity contribution in [2.24, 2.45) is 5.41 Å². The summed E-state index contributed by atoms with van der Waals surface area (Å²) in [5.74, 6) is -0.214. The van der Waals surface area contributed by atoms with E-state index < -0.39 is 0 Å². The molecule has 1 aliphatic carbocycles. The molecule has 3 fully saturated rings. The van der Waals surface area contributed by atoms with Crippen molar-refractivity contribution in [2.45, 2.75) is 37.9 Å². The highest BCUT2D eigenvalue weighted by molar-refractivity contribution is 5.03. The smallest absolute Gasteiger partial charge is 0.175 e. The van der Waals surface area contributed by atoms with Gasteiger partial charge in [-0.1, -0.05) is 6.42 Å². The fourth-order valence-electron chi connectivity index (χ4n) is 3.46. The summed E-state index contributed by atoms with van der Waals surface area (Å²) in [5, 5.41) is 3.47. The number of nitrogens with one attached hydrogen (secondary N) is 1. The SMILES string of the molecule is C1CC[C@@]2(CCNC2)C2(C1)OCCO2. The summed E-state index contributed by atoms with van der Waals surface area (Å²) in [6, 6.07) is 0. The van der Waals surface area contributed by atoms with Gasteiger partial charge in [0, 0.05) is 18.4 Å². The van der Waals surface area contributed by atoms with Gasteiger partial charge in [0.1, 0.15) is 0 Å². The monoisotopic (exact) mass is 197 g/mol. The van der Waals surface area contributed by atoms with E-state index in [9.17, 15) is 0 Å². The number of fused-ring (bicyclic) bond motifs is 1. The molecule has 2 heterocycles. The zero-order valence-corrected chi connectivity index (χ0v) is 8.68. The van der Waals surface area contributed by atoms with Gasteiger partial charge < -0.3 is 14.8 Å². The van der Waals surface area contributed by atoms with Crippen LogP contribution in [0.3, 0.4) is 0 Å². The van der Waals surface area contributed by atoms with E-state index >= 15 is 0 Å². The molecule has 0 radical (unpaired) electrons. The maximum Gasteiger partial charge on any atom is 0.175 e. The molecule has 14 heavy (non-hydrogen) atoms. The van der Waals surface area contributed by atoms with Gasteiger partial charge in [-0.2, -0.15) is 0 Å². The normalized spacial score (nSPS) is 41.1. The predicted molar refractivity (Wildman–Crippen MR) is 53.0 cm³/mol. The van der Waals surface area contributed by atoms with Crippen LogP contribution in [0.25, 0.3) is 0 Å². The topological polar surface area (TPSA) is 30.5 Å². The zero-order valence-electron chi connectivity index (χ0n) is 8.68. The van der Waals surface area contributed by atoms with Crippen LogP contribution in [0.15, 0.2) is 0 Å². The van der Waals surface area contributed by atoms with E-state index in [1.54, 1.807) is 0 Å². The first-order chi connectivity index (χ1) is 6.87. The van der Waals surface area contributed by atoms with E-state index in [2.05, 4.69) is 5.32 Å². The van der Waals surface area contributed by atoms with Crippen LogP contribution in [0.2, 0.25) is 0 Å². The molecule has 1 atom stereocenters. The van der Waals surface area contributed by atoms with Gasteiger partial charge in [-0.3, -0.25) is 0 Å². The Morgan fingerprint density at radius 3 is 2.43 bits per heavy atom. The fourth-order valence-corrected chi connectivity index (χ4v) is 3.46. The molecule has 0 aromatic heterocycles. The van der Waals surface area contributed by atoms with E-state index in [-0.39, 0.29) is 5.79 Å². The van der Waals surface area contributed by atoms with Crippen molar-refractivity contribution in [1.29, 1.82) is 0 Å². The summed E-state index contributed by atoms with van der Waals surface area (Å²) >= 11 is 0. The lowest BCUT2D eigenvalue weighted by molar-refractivity contribution is -0.250. The van der Waals surface area contributed by atoms with Crippen LogP contribution in [0.4, 0.5) is 0 Å². The Bertz CT molecular complexity index is 193.